The quantitative estimate of drug-likeness (QED) is 0.318. The van der Waals surface area contributed by atoms with Crippen molar-refractivity contribution >= 4 is 36.3 Å². The number of rotatable bonds is 9. The average Bonchev–Trinajstić information content (AvgIpc) is 3.21. The highest BCUT2D eigenvalue weighted by Crippen LogP contribution is 2.55. The van der Waals surface area contributed by atoms with Crippen molar-refractivity contribution in [3.05, 3.63) is 0 Å². The van der Waals surface area contributed by atoms with Crippen molar-refractivity contribution in [2.24, 2.45) is 23.7 Å². The Kier molecular flexibility index (Phi) is 7.07. The van der Waals surface area contributed by atoms with Crippen LogP contribution in [0.2, 0.25) is 0 Å². The van der Waals surface area contributed by atoms with Crippen LogP contribution in [0.4, 0.5) is 0 Å². The highest BCUT2D eigenvalue weighted by atomic mass is 32.2. The van der Waals surface area contributed by atoms with E-state index in [1.165, 1.54) is 44.9 Å². The predicted octanol–water partition coefficient (Wildman–Crippen LogP) is 4.16. The van der Waals surface area contributed by atoms with Crippen molar-refractivity contribution < 1.29 is 19.2 Å². The summed E-state index contributed by atoms with van der Waals surface area (Å²) in [6, 6.07) is 0. The number of hydrogen-bond donors (Lipinski definition) is 2. The van der Waals surface area contributed by atoms with Gasteiger partial charge in [-0.1, -0.05) is 19.8 Å². The first-order chi connectivity index (χ1) is 14.0. The molecule has 0 radical (unpaired) electrons. The molecule has 0 spiro atoms. The van der Waals surface area contributed by atoms with Gasteiger partial charge in [-0.2, -0.15) is 24.4 Å². The highest BCUT2D eigenvalue weighted by Gasteiger charge is 2.52. The Labute approximate surface area is 184 Å². The van der Waals surface area contributed by atoms with Gasteiger partial charge in [-0.05, 0) is 69.1 Å². The first-order valence-corrected chi connectivity index (χ1v) is 13.1. The number of carbonyl (C=O) groups excluding carboxylic acids is 2. The summed E-state index contributed by atoms with van der Waals surface area (Å²) in [5.74, 6) is 2.04. The summed E-state index contributed by atoms with van der Waals surface area (Å²) >= 11 is 5.92. The molecule has 5 saturated carbocycles. The number of thiol groups is 1. The van der Waals surface area contributed by atoms with Crippen molar-refractivity contribution in [2.45, 2.75) is 88.0 Å². The molecule has 29 heavy (non-hydrogen) atoms. The lowest BCUT2D eigenvalue weighted by Crippen LogP contribution is -2.59. The predicted molar refractivity (Wildman–Crippen MR) is 118 cm³/mol. The number of thioether (sulfide) groups is 1. The van der Waals surface area contributed by atoms with Crippen LogP contribution in [0, 0.1) is 23.7 Å². The molecule has 0 aliphatic heterocycles. The van der Waals surface area contributed by atoms with Crippen LogP contribution in [0.5, 0.6) is 0 Å². The fraction of sp³-hybridized carbons (Fsp3) is 0.909. The first-order valence-electron chi connectivity index (χ1n) is 11.4. The summed E-state index contributed by atoms with van der Waals surface area (Å²) in [7, 11) is 0. The van der Waals surface area contributed by atoms with Gasteiger partial charge in [0, 0.05) is 16.8 Å². The fourth-order valence-corrected chi connectivity index (χ4v) is 7.69. The maximum atomic E-state index is 12.9. The number of nitrogens with one attached hydrogen (secondary N) is 1. The molecule has 5 fully saturated rings. The van der Waals surface area contributed by atoms with Crippen LogP contribution in [0.25, 0.3) is 0 Å². The monoisotopic (exact) mass is 441 g/mol. The molecule has 0 aromatic rings. The minimum atomic E-state index is -0.850. The Bertz CT molecular complexity index is 572. The van der Waals surface area contributed by atoms with Crippen molar-refractivity contribution in [3.63, 3.8) is 0 Å². The topological polar surface area (TPSA) is 64.6 Å². The minimum Gasteiger partial charge on any atom is -0.449 e. The smallest absolute Gasteiger partial charge is 0.366 e. The third kappa shape index (κ3) is 5.27. The average molecular weight is 442 g/mol. The van der Waals surface area contributed by atoms with E-state index in [4.69, 9.17) is 9.57 Å². The molecule has 7 heteroatoms. The second kappa shape index (κ2) is 9.39. The summed E-state index contributed by atoms with van der Waals surface area (Å²) in [6.45, 7) is 1.77. The Morgan fingerprint density at radius 1 is 1.07 bits per heavy atom. The lowest BCUT2D eigenvalue weighted by molar-refractivity contribution is -0.182. The van der Waals surface area contributed by atoms with E-state index in [-0.39, 0.29) is 17.4 Å². The molecular weight excluding hydrogens is 406 g/mol. The number of hydroxylamine groups is 1. The zero-order chi connectivity index (χ0) is 20.4. The largest absolute Gasteiger partial charge is 0.449 e. The van der Waals surface area contributed by atoms with Crippen LogP contribution in [0.15, 0.2) is 0 Å². The van der Waals surface area contributed by atoms with Gasteiger partial charge in [0.1, 0.15) is 0 Å². The molecule has 0 amide bonds. The summed E-state index contributed by atoms with van der Waals surface area (Å²) in [5.41, 5.74) is 3.13. The van der Waals surface area contributed by atoms with E-state index in [0.717, 1.165) is 37.0 Å². The van der Waals surface area contributed by atoms with E-state index in [1.54, 1.807) is 18.7 Å². The first kappa shape index (κ1) is 21.8. The Morgan fingerprint density at radius 3 is 2.21 bits per heavy atom. The van der Waals surface area contributed by atoms with E-state index >= 15 is 0 Å². The summed E-state index contributed by atoms with van der Waals surface area (Å²) in [6.07, 6.45) is 11.3. The van der Waals surface area contributed by atoms with Crippen LogP contribution in [-0.2, 0) is 19.2 Å². The number of ether oxygens (including phenoxy) is 1. The van der Waals surface area contributed by atoms with Crippen LogP contribution < -0.4 is 5.48 Å². The van der Waals surface area contributed by atoms with Gasteiger partial charge >= 0.3 is 11.9 Å². The Morgan fingerprint density at radius 2 is 1.66 bits per heavy atom. The number of carbonyl (C=O) groups is 2. The van der Waals surface area contributed by atoms with Gasteiger partial charge in [0.25, 0.3) is 0 Å². The van der Waals surface area contributed by atoms with Crippen molar-refractivity contribution in [1.29, 1.82) is 0 Å². The minimum absolute atomic E-state index is 0.0596. The van der Waals surface area contributed by atoms with E-state index in [9.17, 15) is 9.59 Å². The second-order valence-corrected chi connectivity index (χ2v) is 11.7. The van der Waals surface area contributed by atoms with E-state index in [1.807, 2.05) is 0 Å². The molecule has 0 unspecified atom stereocenters. The molecule has 0 aromatic heterocycles. The molecule has 0 saturated heterocycles. The molecule has 0 aromatic carbocycles. The van der Waals surface area contributed by atoms with Gasteiger partial charge in [0.05, 0.1) is 11.5 Å². The van der Waals surface area contributed by atoms with Gasteiger partial charge in [0.15, 0.2) is 0 Å². The Hall–Kier alpha value is -0.400. The number of esters is 1. The Balaban J connectivity index is 1.34. The maximum Gasteiger partial charge on any atom is 0.366 e. The fourth-order valence-electron chi connectivity index (χ4n) is 6.22. The van der Waals surface area contributed by atoms with Gasteiger partial charge in [-0.3, -0.25) is 4.79 Å². The van der Waals surface area contributed by atoms with Crippen LogP contribution in [-0.4, -0.2) is 40.3 Å². The second-order valence-electron chi connectivity index (χ2n) is 9.97. The SMILES string of the molecule is C[C@H](CS)C(=O)O[C@@H](CSC1CCCC1)C(=O)ONC12CC3CC(CC(C3)C1)C2. The molecule has 5 aliphatic rings. The molecule has 5 rings (SSSR count). The highest BCUT2D eigenvalue weighted by molar-refractivity contribution is 8.00. The van der Waals surface area contributed by atoms with Crippen LogP contribution >= 0.6 is 24.4 Å². The molecule has 0 heterocycles. The van der Waals surface area contributed by atoms with Crippen LogP contribution in [0.1, 0.15) is 71.1 Å². The normalized spacial score (nSPS) is 35.4. The van der Waals surface area contributed by atoms with Gasteiger partial charge in [-0.25, -0.2) is 4.79 Å². The zero-order valence-electron chi connectivity index (χ0n) is 17.4. The lowest BCUT2D eigenvalue weighted by atomic mass is 9.53. The van der Waals surface area contributed by atoms with Gasteiger partial charge in [0.2, 0.25) is 6.10 Å². The molecular formula is C22H35NO4S2. The summed E-state index contributed by atoms with van der Waals surface area (Å²) < 4.78 is 5.57. The molecule has 5 aliphatic carbocycles. The standard InChI is InChI=1S/C22H35NO4S2/c1-14(12-28)20(24)26-19(13-29-18-4-2-3-5-18)21(25)27-23-22-9-15-6-16(10-22)8-17(7-15)11-22/h14-19,23,28H,2-13H2,1H3/t14-,15?,16?,17?,19+,22?/m1/s1. The van der Waals surface area contributed by atoms with E-state index < -0.39 is 12.1 Å². The van der Waals surface area contributed by atoms with Gasteiger partial charge in [-0.15, -0.1) is 5.48 Å². The van der Waals surface area contributed by atoms with E-state index in [0.29, 0.717) is 16.8 Å². The molecule has 164 valence electrons. The lowest BCUT2D eigenvalue weighted by Gasteiger charge is -2.56. The third-order valence-electron chi connectivity index (χ3n) is 7.39. The maximum absolute atomic E-state index is 12.9. The summed E-state index contributed by atoms with van der Waals surface area (Å²) in [5, 5.41) is 0.558. The van der Waals surface area contributed by atoms with Crippen molar-refractivity contribution in [1.82, 2.24) is 5.48 Å². The zero-order valence-corrected chi connectivity index (χ0v) is 19.1. The molecule has 4 bridgehead atoms. The molecule has 1 N–H and O–H groups in total. The third-order valence-corrected chi connectivity index (χ3v) is 9.38. The van der Waals surface area contributed by atoms with Gasteiger partial charge < -0.3 is 9.57 Å². The van der Waals surface area contributed by atoms with E-state index in [2.05, 4.69) is 18.1 Å². The number of hydrogen-bond acceptors (Lipinski definition) is 7. The van der Waals surface area contributed by atoms with Crippen molar-refractivity contribution in [2.75, 3.05) is 11.5 Å². The summed E-state index contributed by atoms with van der Waals surface area (Å²) in [4.78, 5) is 30.8. The molecule has 5 nitrogen and oxygen atoms in total. The van der Waals surface area contributed by atoms with Crippen LogP contribution in [0.3, 0.4) is 0 Å². The van der Waals surface area contributed by atoms with Crippen molar-refractivity contribution in [3.8, 4) is 0 Å². The molecule has 2 atom stereocenters.